The second-order valence-electron chi connectivity index (χ2n) is 6.32. The molecule has 1 aromatic carbocycles. The fourth-order valence-corrected chi connectivity index (χ4v) is 3.29. The van der Waals surface area contributed by atoms with Gasteiger partial charge in [0.15, 0.2) is 0 Å². The van der Waals surface area contributed by atoms with Gasteiger partial charge in [-0.1, -0.05) is 35.7 Å². The summed E-state index contributed by atoms with van der Waals surface area (Å²) in [6.07, 6.45) is -0.0983. The minimum absolute atomic E-state index is 0.0465. The lowest BCUT2D eigenvalue weighted by Crippen LogP contribution is -2.20. The predicted molar refractivity (Wildman–Crippen MR) is 106 cm³/mol. The summed E-state index contributed by atoms with van der Waals surface area (Å²) in [6, 6.07) is 6.89. The Morgan fingerprint density at radius 3 is 2.68 bits per heavy atom. The third kappa shape index (κ3) is 4.52. The van der Waals surface area contributed by atoms with Gasteiger partial charge in [-0.2, -0.15) is 18.2 Å². The molecule has 0 radical (unpaired) electrons. The highest BCUT2D eigenvalue weighted by molar-refractivity contribution is 9.10. The van der Waals surface area contributed by atoms with Crippen molar-refractivity contribution in [1.29, 1.82) is 0 Å². The summed E-state index contributed by atoms with van der Waals surface area (Å²) in [5.74, 6) is 0.123. The van der Waals surface area contributed by atoms with Crippen LogP contribution < -0.4 is 10.9 Å². The molecule has 0 fully saturated rings. The largest absolute Gasteiger partial charge is 0.417 e. The van der Waals surface area contributed by atoms with Crippen LogP contribution in [0.15, 0.2) is 45.8 Å². The van der Waals surface area contributed by atoms with E-state index < -0.39 is 11.7 Å². The van der Waals surface area contributed by atoms with Crippen LogP contribution in [0.1, 0.15) is 31.7 Å². The summed E-state index contributed by atoms with van der Waals surface area (Å²) in [4.78, 5) is 20.8. The van der Waals surface area contributed by atoms with Crippen molar-refractivity contribution in [1.82, 2.24) is 14.5 Å². The Labute approximate surface area is 167 Å². The molecule has 28 heavy (non-hydrogen) atoms. The zero-order valence-electron chi connectivity index (χ0n) is 15.1. The normalized spacial score (nSPS) is 11.8. The number of anilines is 2. The van der Waals surface area contributed by atoms with Crippen molar-refractivity contribution in [2.24, 2.45) is 0 Å². The molecule has 0 atom stereocenters. The second kappa shape index (κ2) is 8.30. The number of hydrogen-bond acceptors (Lipinski definition) is 4. The maximum absolute atomic E-state index is 13.1. The van der Waals surface area contributed by atoms with E-state index in [1.54, 1.807) is 16.8 Å². The average Bonchev–Trinajstić information content (AvgIpc) is 2.64. The van der Waals surface area contributed by atoms with Gasteiger partial charge in [0.05, 0.1) is 5.56 Å². The molecule has 0 bridgehead atoms. The van der Waals surface area contributed by atoms with Crippen LogP contribution in [-0.4, -0.2) is 14.5 Å². The number of rotatable bonds is 6. The molecule has 5 nitrogen and oxygen atoms in total. The minimum Gasteiger partial charge on any atom is -0.324 e. The molecule has 0 aliphatic heterocycles. The van der Waals surface area contributed by atoms with Gasteiger partial charge < -0.3 is 5.32 Å². The average molecular weight is 455 g/mol. The van der Waals surface area contributed by atoms with Crippen LogP contribution in [0, 0.1) is 0 Å². The van der Waals surface area contributed by atoms with Crippen LogP contribution in [0.4, 0.5) is 24.8 Å². The predicted octanol–water partition coefficient (Wildman–Crippen LogP) is 5.51. The van der Waals surface area contributed by atoms with E-state index in [9.17, 15) is 18.0 Å². The number of alkyl halides is 3. The van der Waals surface area contributed by atoms with E-state index in [0.29, 0.717) is 17.6 Å². The van der Waals surface area contributed by atoms with Gasteiger partial charge in [0.1, 0.15) is 5.65 Å². The molecule has 9 heteroatoms. The van der Waals surface area contributed by atoms with E-state index in [4.69, 9.17) is 0 Å². The Morgan fingerprint density at radius 1 is 1.18 bits per heavy atom. The van der Waals surface area contributed by atoms with Gasteiger partial charge in [-0.3, -0.25) is 9.36 Å². The molecule has 0 saturated heterocycles. The second-order valence-corrected chi connectivity index (χ2v) is 7.17. The summed E-state index contributed by atoms with van der Waals surface area (Å²) in [5, 5.41) is 3.48. The first-order valence-corrected chi connectivity index (χ1v) is 9.59. The van der Waals surface area contributed by atoms with Gasteiger partial charge in [-0.05, 0) is 30.7 Å². The molecule has 2 aromatic heterocycles. The molecule has 0 unspecified atom stereocenters. The minimum atomic E-state index is -4.49. The Bertz CT molecular complexity index is 1050. The third-order valence-corrected chi connectivity index (χ3v) is 4.93. The first-order valence-electron chi connectivity index (χ1n) is 8.80. The molecule has 0 saturated carbocycles. The lowest BCUT2D eigenvalue weighted by molar-refractivity contribution is -0.138. The highest BCUT2D eigenvalue weighted by Gasteiger charge is 2.33. The summed E-state index contributed by atoms with van der Waals surface area (Å²) < 4.78 is 40.8. The maximum atomic E-state index is 13.1. The van der Waals surface area contributed by atoms with Crippen molar-refractivity contribution in [3.05, 3.63) is 56.9 Å². The number of unbranched alkanes of at least 4 members (excludes halogenated alkanes) is 2. The highest BCUT2D eigenvalue weighted by atomic mass is 79.9. The van der Waals surface area contributed by atoms with Gasteiger partial charge in [0.25, 0.3) is 5.56 Å². The standard InChI is InChI=1S/C19H18BrF3N4O/c1-2-3-4-9-27-16(28)8-5-12-11-24-18(26-17(12)27)25-13-6-7-15(20)14(10-13)19(21,22)23/h5-8,10-11H,2-4,9H2,1H3,(H,24,25,26). The van der Waals surface area contributed by atoms with E-state index in [1.165, 1.54) is 18.2 Å². The molecule has 0 spiro atoms. The number of nitrogens with one attached hydrogen (secondary N) is 1. The lowest BCUT2D eigenvalue weighted by Gasteiger charge is -2.13. The zero-order valence-corrected chi connectivity index (χ0v) is 16.6. The van der Waals surface area contributed by atoms with Gasteiger partial charge in [-0.25, -0.2) is 4.98 Å². The fourth-order valence-electron chi connectivity index (χ4n) is 2.82. The number of benzene rings is 1. The maximum Gasteiger partial charge on any atom is 0.417 e. The van der Waals surface area contributed by atoms with E-state index in [-0.39, 0.29) is 21.7 Å². The van der Waals surface area contributed by atoms with Crippen molar-refractivity contribution < 1.29 is 13.2 Å². The van der Waals surface area contributed by atoms with E-state index >= 15 is 0 Å². The summed E-state index contributed by atoms with van der Waals surface area (Å²) in [7, 11) is 0. The van der Waals surface area contributed by atoms with E-state index in [1.807, 2.05) is 0 Å². The lowest BCUT2D eigenvalue weighted by atomic mass is 10.2. The quantitative estimate of drug-likeness (QED) is 0.499. The van der Waals surface area contributed by atoms with Crippen molar-refractivity contribution in [2.45, 2.75) is 38.9 Å². The van der Waals surface area contributed by atoms with Crippen LogP contribution in [0.25, 0.3) is 11.0 Å². The Kier molecular flexibility index (Phi) is 6.02. The molecule has 0 aliphatic rings. The fraction of sp³-hybridized carbons (Fsp3) is 0.316. The number of hydrogen-bond donors (Lipinski definition) is 1. The summed E-state index contributed by atoms with van der Waals surface area (Å²) in [5.41, 5.74) is -0.314. The van der Waals surface area contributed by atoms with Crippen LogP contribution in [0.5, 0.6) is 0 Å². The third-order valence-electron chi connectivity index (χ3n) is 4.24. The molecule has 3 rings (SSSR count). The summed E-state index contributed by atoms with van der Waals surface area (Å²) >= 11 is 2.91. The molecule has 0 aliphatic carbocycles. The zero-order chi connectivity index (χ0) is 20.3. The van der Waals surface area contributed by atoms with E-state index in [2.05, 4.69) is 38.1 Å². The Hall–Kier alpha value is -2.42. The highest BCUT2D eigenvalue weighted by Crippen LogP contribution is 2.36. The van der Waals surface area contributed by atoms with Crippen LogP contribution in [0.2, 0.25) is 0 Å². The monoisotopic (exact) mass is 454 g/mol. The Morgan fingerprint density at radius 2 is 1.96 bits per heavy atom. The van der Waals surface area contributed by atoms with Crippen LogP contribution in [-0.2, 0) is 12.7 Å². The molecular weight excluding hydrogens is 437 g/mol. The van der Waals surface area contributed by atoms with Crippen molar-refractivity contribution in [2.75, 3.05) is 5.32 Å². The first-order chi connectivity index (χ1) is 13.3. The topological polar surface area (TPSA) is 59.8 Å². The molecule has 1 N–H and O–H groups in total. The van der Waals surface area contributed by atoms with Gasteiger partial charge in [0, 0.05) is 34.4 Å². The van der Waals surface area contributed by atoms with Crippen molar-refractivity contribution >= 4 is 38.6 Å². The van der Waals surface area contributed by atoms with Crippen molar-refractivity contribution in [3.8, 4) is 0 Å². The molecular formula is C19H18BrF3N4O. The number of halogens is 4. The number of aryl methyl sites for hydroxylation is 1. The SMILES string of the molecule is CCCCCn1c(=O)ccc2cnc(Nc3ccc(Br)c(C(F)(F)F)c3)nc21. The number of pyridine rings is 1. The van der Waals surface area contributed by atoms with Gasteiger partial charge >= 0.3 is 6.18 Å². The van der Waals surface area contributed by atoms with E-state index in [0.717, 1.165) is 25.3 Å². The molecule has 3 aromatic rings. The van der Waals surface area contributed by atoms with Crippen molar-refractivity contribution in [3.63, 3.8) is 0 Å². The number of aromatic nitrogens is 3. The number of fused-ring (bicyclic) bond motifs is 1. The van der Waals surface area contributed by atoms with Crippen LogP contribution in [0.3, 0.4) is 0 Å². The van der Waals surface area contributed by atoms with Gasteiger partial charge in [-0.15, -0.1) is 0 Å². The first kappa shape index (κ1) is 20.3. The summed E-state index contributed by atoms with van der Waals surface area (Å²) in [6.45, 7) is 2.60. The van der Waals surface area contributed by atoms with Gasteiger partial charge in [0.2, 0.25) is 5.95 Å². The molecule has 148 valence electrons. The molecule has 0 amide bonds. The van der Waals surface area contributed by atoms with Crippen LogP contribution >= 0.6 is 15.9 Å². The molecule has 2 heterocycles. The Balaban J connectivity index is 1.96. The smallest absolute Gasteiger partial charge is 0.324 e. The number of nitrogens with zero attached hydrogens (tertiary/aromatic N) is 3.